The lowest BCUT2D eigenvalue weighted by atomic mass is 10.1. The molecule has 4 heteroatoms. The van der Waals surface area contributed by atoms with Crippen LogP contribution in [0, 0.1) is 6.92 Å². The Balaban J connectivity index is 2.77. The minimum absolute atomic E-state index is 0.334. The maximum Gasteiger partial charge on any atom is 0.276 e. The molecule has 1 aromatic carbocycles. The number of hydrogen-bond acceptors (Lipinski definition) is 1. The standard InChI is InChI=1S/C9H10ClNOS/c1-6-7(5-11-9(12)13)3-2-4-8(6)10/h2-4H,5H2,1H3,(H2,11,12,13). The molecule has 0 saturated heterocycles. The highest BCUT2D eigenvalue weighted by Gasteiger charge is 2.01. The van der Waals surface area contributed by atoms with Crippen molar-refractivity contribution in [3.8, 4) is 0 Å². The topological polar surface area (TPSA) is 29.1 Å². The quantitative estimate of drug-likeness (QED) is 0.730. The van der Waals surface area contributed by atoms with Crippen molar-refractivity contribution >= 4 is 29.5 Å². The lowest BCUT2D eigenvalue weighted by Crippen LogP contribution is -2.16. The molecule has 1 amide bonds. The molecule has 0 unspecified atom stereocenters. The van der Waals surface area contributed by atoms with E-state index in [1.807, 2.05) is 25.1 Å². The lowest BCUT2D eigenvalue weighted by Gasteiger charge is -2.06. The fourth-order valence-corrected chi connectivity index (χ4v) is 1.29. The number of benzene rings is 1. The Hall–Kier alpha value is -0.670. The maximum absolute atomic E-state index is 10.5. The van der Waals surface area contributed by atoms with Gasteiger partial charge in [0.2, 0.25) is 0 Å². The van der Waals surface area contributed by atoms with Gasteiger partial charge < -0.3 is 5.32 Å². The highest BCUT2D eigenvalue weighted by molar-refractivity contribution is 7.96. The first-order valence-corrected chi connectivity index (χ1v) is 4.64. The third-order valence-electron chi connectivity index (χ3n) is 1.81. The monoisotopic (exact) mass is 215 g/mol. The van der Waals surface area contributed by atoms with Crippen LogP contribution < -0.4 is 5.32 Å². The van der Waals surface area contributed by atoms with Gasteiger partial charge in [-0.3, -0.25) is 4.79 Å². The SMILES string of the molecule is Cc1c(Cl)cccc1CNC(=O)S. The first kappa shape index (κ1) is 10.4. The number of halogens is 1. The number of nitrogens with one attached hydrogen (secondary N) is 1. The molecule has 0 aliphatic rings. The van der Waals surface area contributed by atoms with Gasteiger partial charge in [-0.05, 0) is 24.1 Å². The van der Waals surface area contributed by atoms with E-state index in [4.69, 9.17) is 11.6 Å². The molecule has 0 aliphatic heterocycles. The fraction of sp³-hybridized carbons (Fsp3) is 0.222. The van der Waals surface area contributed by atoms with Crippen LogP contribution in [0.2, 0.25) is 5.02 Å². The summed E-state index contributed by atoms with van der Waals surface area (Å²) in [6.45, 7) is 2.39. The van der Waals surface area contributed by atoms with E-state index in [2.05, 4.69) is 17.9 Å². The minimum atomic E-state index is -0.334. The zero-order chi connectivity index (χ0) is 9.84. The van der Waals surface area contributed by atoms with Crippen LogP contribution in [0.1, 0.15) is 11.1 Å². The van der Waals surface area contributed by atoms with Gasteiger partial charge in [0.25, 0.3) is 5.24 Å². The van der Waals surface area contributed by atoms with E-state index in [1.165, 1.54) is 0 Å². The highest BCUT2D eigenvalue weighted by atomic mass is 35.5. The van der Waals surface area contributed by atoms with Gasteiger partial charge in [0, 0.05) is 11.6 Å². The molecule has 0 fully saturated rings. The zero-order valence-corrected chi connectivity index (χ0v) is 8.82. The van der Waals surface area contributed by atoms with Gasteiger partial charge >= 0.3 is 0 Å². The molecule has 1 aromatic rings. The van der Waals surface area contributed by atoms with Gasteiger partial charge in [0.15, 0.2) is 0 Å². The Labute approximate surface area is 87.7 Å². The van der Waals surface area contributed by atoms with Crippen molar-refractivity contribution in [3.05, 3.63) is 34.3 Å². The third kappa shape index (κ3) is 2.94. The molecule has 70 valence electrons. The zero-order valence-electron chi connectivity index (χ0n) is 7.17. The first-order chi connectivity index (χ1) is 6.11. The molecule has 0 radical (unpaired) electrons. The van der Waals surface area contributed by atoms with Gasteiger partial charge in [0.05, 0.1) is 0 Å². The van der Waals surface area contributed by atoms with E-state index in [-0.39, 0.29) is 5.24 Å². The summed E-state index contributed by atoms with van der Waals surface area (Å²) in [4.78, 5) is 10.5. The average molecular weight is 216 g/mol. The van der Waals surface area contributed by atoms with E-state index in [1.54, 1.807) is 0 Å². The Morgan fingerprint density at radius 3 is 2.92 bits per heavy atom. The van der Waals surface area contributed by atoms with Gasteiger partial charge in [-0.25, -0.2) is 0 Å². The van der Waals surface area contributed by atoms with Gasteiger partial charge in [-0.2, -0.15) is 0 Å². The molecular weight excluding hydrogens is 206 g/mol. The van der Waals surface area contributed by atoms with E-state index in [0.717, 1.165) is 11.1 Å². The largest absolute Gasteiger partial charge is 0.343 e. The number of hydrogen-bond donors (Lipinski definition) is 2. The highest BCUT2D eigenvalue weighted by Crippen LogP contribution is 2.18. The van der Waals surface area contributed by atoms with Gasteiger partial charge in [-0.1, -0.05) is 36.4 Å². The molecule has 0 aromatic heterocycles. The Kier molecular flexibility index (Phi) is 3.63. The van der Waals surface area contributed by atoms with Crippen molar-refractivity contribution < 1.29 is 4.79 Å². The normalized spacial score (nSPS) is 9.77. The van der Waals surface area contributed by atoms with Crippen LogP contribution in [0.25, 0.3) is 0 Å². The van der Waals surface area contributed by atoms with Crippen LogP contribution in [0.15, 0.2) is 18.2 Å². The summed E-state index contributed by atoms with van der Waals surface area (Å²) in [7, 11) is 0. The summed E-state index contributed by atoms with van der Waals surface area (Å²) >= 11 is 9.50. The van der Waals surface area contributed by atoms with Crippen LogP contribution in [-0.2, 0) is 6.54 Å². The van der Waals surface area contributed by atoms with Crippen molar-refractivity contribution in [2.45, 2.75) is 13.5 Å². The van der Waals surface area contributed by atoms with Crippen LogP contribution in [-0.4, -0.2) is 5.24 Å². The van der Waals surface area contributed by atoms with Crippen LogP contribution in [0.5, 0.6) is 0 Å². The smallest absolute Gasteiger partial charge is 0.276 e. The molecule has 0 spiro atoms. The Bertz CT molecular complexity index is 327. The molecule has 0 saturated carbocycles. The van der Waals surface area contributed by atoms with Crippen molar-refractivity contribution in [3.63, 3.8) is 0 Å². The van der Waals surface area contributed by atoms with Crippen LogP contribution in [0.4, 0.5) is 4.79 Å². The summed E-state index contributed by atoms with van der Waals surface area (Å²) < 4.78 is 0. The molecule has 13 heavy (non-hydrogen) atoms. The van der Waals surface area contributed by atoms with E-state index in [9.17, 15) is 4.79 Å². The second-order valence-electron chi connectivity index (χ2n) is 2.68. The number of carbonyl (C=O) groups is 1. The average Bonchev–Trinajstić information content (AvgIpc) is 2.07. The molecule has 2 nitrogen and oxygen atoms in total. The van der Waals surface area contributed by atoms with E-state index in [0.29, 0.717) is 11.6 Å². The van der Waals surface area contributed by atoms with Gasteiger partial charge in [0.1, 0.15) is 0 Å². The predicted molar refractivity (Wildman–Crippen MR) is 57.4 cm³/mol. The minimum Gasteiger partial charge on any atom is -0.343 e. The van der Waals surface area contributed by atoms with E-state index < -0.39 is 0 Å². The molecule has 1 rings (SSSR count). The third-order valence-corrected chi connectivity index (χ3v) is 2.38. The van der Waals surface area contributed by atoms with Crippen molar-refractivity contribution in [2.75, 3.05) is 0 Å². The summed E-state index contributed by atoms with van der Waals surface area (Å²) in [6.07, 6.45) is 0. The summed E-state index contributed by atoms with van der Waals surface area (Å²) in [5, 5.41) is 2.98. The summed E-state index contributed by atoms with van der Waals surface area (Å²) in [5.41, 5.74) is 2.00. The number of amides is 1. The summed E-state index contributed by atoms with van der Waals surface area (Å²) in [5.74, 6) is 0. The molecule has 0 heterocycles. The fourth-order valence-electron chi connectivity index (χ4n) is 1.01. The maximum atomic E-state index is 10.5. The number of carbonyl (C=O) groups excluding carboxylic acids is 1. The van der Waals surface area contributed by atoms with Crippen LogP contribution in [0.3, 0.4) is 0 Å². The molecular formula is C9H10ClNOS. The molecule has 0 atom stereocenters. The summed E-state index contributed by atoms with van der Waals surface area (Å²) in [6, 6.07) is 5.60. The molecule has 0 aliphatic carbocycles. The number of rotatable bonds is 2. The van der Waals surface area contributed by atoms with Crippen molar-refractivity contribution in [2.24, 2.45) is 0 Å². The van der Waals surface area contributed by atoms with Crippen LogP contribution >= 0.6 is 24.2 Å². The van der Waals surface area contributed by atoms with E-state index >= 15 is 0 Å². The Morgan fingerprint density at radius 1 is 1.62 bits per heavy atom. The molecule has 0 bridgehead atoms. The number of thiol groups is 1. The van der Waals surface area contributed by atoms with Crippen molar-refractivity contribution in [1.29, 1.82) is 0 Å². The second-order valence-corrected chi connectivity index (χ2v) is 3.50. The Morgan fingerprint density at radius 2 is 2.31 bits per heavy atom. The van der Waals surface area contributed by atoms with Crippen molar-refractivity contribution in [1.82, 2.24) is 5.32 Å². The second kappa shape index (κ2) is 4.53. The molecule has 1 N–H and O–H groups in total. The lowest BCUT2D eigenvalue weighted by molar-refractivity contribution is 0.260. The predicted octanol–water partition coefficient (Wildman–Crippen LogP) is 2.79. The van der Waals surface area contributed by atoms with Gasteiger partial charge in [-0.15, -0.1) is 0 Å². The first-order valence-electron chi connectivity index (χ1n) is 3.82.